The van der Waals surface area contributed by atoms with Crippen LogP contribution < -0.4 is 0 Å². The quantitative estimate of drug-likeness (QED) is 0.489. The number of carbonyl (C=O) groups excluding carboxylic acids is 1. The summed E-state index contributed by atoms with van der Waals surface area (Å²) >= 11 is 0. The van der Waals surface area contributed by atoms with Gasteiger partial charge in [-0.2, -0.15) is 21.6 Å². The molecule has 0 heterocycles. The third-order valence-electron chi connectivity index (χ3n) is 2.76. The van der Waals surface area contributed by atoms with Crippen molar-refractivity contribution in [1.29, 1.82) is 0 Å². The minimum absolute atomic E-state index is 0.0444. The van der Waals surface area contributed by atoms with Gasteiger partial charge in [-0.05, 0) is 29.7 Å². The lowest BCUT2D eigenvalue weighted by atomic mass is 9.95. The van der Waals surface area contributed by atoms with E-state index in [2.05, 4.69) is 4.18 Å². The topological polar surface area (TPSA) is 60.4 Å². The van der Waals surface area contributed by atoms with Crippen LogP contribution in [-0.4, -0.2) is 20.2 Å². The monoisotopic (exact) mass is 306 g/mol. The summed E-state index contributed by atoms with van der Waals surface area (Å²) in [6.45, 7) is 0. The molecule has 0 unspecified atom stereocenters. The Morgan fingerprint density at radius 3 is 2.50 bits per heavy atom. The van der Waals surface area contributed by atoms with Gasteiger partial charge in [-0.25, -0.2) is 0 Å². The molecule has 0 radical (unpaired) electrons. The molecule has 8 heteroatoms. The van der Waals surface area contributed by atoms with Crippen molar-refractivity contribution >= 4 is 22.5 Å². The number of aryl methyl sites for hydroxylation is 1. The van der Waals surface area contributed by atoms with Crippen molar-refractivity contribution < 1.29 is 30.6 Å². The Morgan fingerprint density at radius 2 is 1.90 bits per heavy atom. The molecule has 1 aromatic rings. The molecule has 1 aliphatic carbocycles. The SMILES string of the molecule is O=Cc1ccc2c(c1)C=C(OS(=O)(=O)C(F)(F)F)CC2. The first-order valence-electron chi connectivity index (χ1n) is 5.52. The van der Waals surface area contributed by atoms with Gasteiger partial charge in [-0.3, -0.25) is 4.79 Å². The van der Waals surface area contributed by atoms with Gasteiger partial charge in [0.15, 0.2) is 0 Å². The maximum atomic E-state index is 12.2. The number of halogens is 3. The highest BCUT2D eigenvalue weighted by Gasteiger charge is 2.48. The smallest absolute Gasteiger partial charge is 0.381 e. The van der Waals surface area contributed by atoms with Gasteiger partial charge >= 0.3 is 15.6 Å². The van der Waals surface area contributed by atoms with Crippen molar-refractivity contribution in [2.45, 2.75) is 18.3 Å². The molecule has 0 atom stereocenters. The average molecular weight is 306 g/mol. The maximum Gasteiger partial charge on any atom is 0.534 e. The molecule has 1 aliphatic rings. The van der Waals surface area contributed by atoms with E-state index in [1.165, 1.54) is 12.1 Å². The van der Waals surface area contributed by atoms with E-state index in [1.54, 1.807) is 12.1 Å². The van der Waals surface area contributed by atoms with E-state index in [0.717, 1.165) is 5.56 Å². The lowest BCUT2D eigenvalue weighted by Gasteiger charge is -2.17. The molecule has 2 rings (SSSR count). The zero-order chi connectivity index (χ0) is 15.0. The van der Waals surface area contributed by atoms with E-state index in [-0.39, 0.29) is 12.2 Å². The van der Waals surface area contributed by atoms with Crippen LogP contribution in [-0.2, 0) is 20.7 Å². The molecule has 108 valence electrons. The number of allylic oxidation sites excluding steroid dienone is 1. The van der Waals surface area contributed by atoms with Crippen molar-refractivity contribution in [3.63, 3.8) is 0 Å². The molecule has 0 spiro atoms. The van der Waals surface area contributed by atoms with Crippen molar-refractivity contribution in [3.05, 3.63) is 40.6 Å². The molecule has 20 heavy (non-hydrogen) atoms. The molecular weight excluding hydrogens is 297 g/mol. The Bertz CT molecular complexity index is 674. The van der Waals surface area contributed by atoms with E-state index in [1.807, 2.05) is 0 Å². The predicted molar refractivity (Wildman–Crippen MR) is 64.2 cm³/mol. The predicted octanol–water partition coefficient (Wildman–Crippen LogP) is 2.65. The summed E-state index contributed by atoms with van der Waals surface area (Å²) in [6.07, 6.45) is 2.18. The Balaban J connectivity index is 2.32. The van der Waals surface area contributed by atoms with Crippen LogP contribution in [0, 0.1) is 0 Å². The van der Waals surface area contributed by atoms with Crippen molar-refractivity contribution in [2.75, 3.05) is 0 Å². The average Bonchev–Trinajstić information content (AvgIpc) is 2.36. The lowest BCUT2D eigenvalue weighted by molar-refractivity contribution is -0.0522. The van der Waals surface area contributed by atoms with E-state index >= 15 is 0 Å². The molecule has 0 aromatic heterocycles. The van der Waals surface area contributed by atoms with Gasteiger partial charge in [0.1, 0.15) is 12.0 Å². The highest BCUT2D eigenvalue weighted by molar-refractivity contribution is 7.87. The van der Waals surface area contributed by atoms with Gasteiger partial charge in [-0.1, -0.05) is 12.1 Å². The van der Waals surface area contributed by atoms with Gasteiger partial charge in [0.2, 0.25) is 0 Å². The third kappa shape index (κ3) is 2.84. The van der Waals surface area contributed by atoms with Crippen LogP contribution in [0.5, 0.6) is 0 Å². The van der Waals surface area contributed by atoms with Crippen LogP contribution in [0.2, 0.25) is 0 Å². The van der Waals surface area contributed by atoms with Crippen LogP contribution in [0.15, 0.2) is 24.0 Å². The molecule has 4 nitrogen and oxygen atoms in total. The number of rotatable bonds is 3. The number of alkyl halides is 3. The molecule has 0 N–H and O–H groups in total. The van der Waals surface area contributed by atoms with E-state index in [9.17, 15) is 26.4 Å². The summed E-state index contributed by atoms with van der Waals surface area (Å²) in [4.78, 5) is 10.6. The van der Waals surface area contributed by atoms with Gasteiger partial charge in [-0.15, -0.1) is 0 Å². The first-order valence-corrected chi connectivity index (χ1v) is 6.93. The Kier molecular flexibility index (Phi) is 3.59. The fourth-order valence-corrected chi connectivity index (χ4v) is 2.31. The Labute approximate surface area is 113 Å². The molecule has 0 amide bonds. The zero-order valence-electron chi connectivity index (χ0n) is 9.98. The number of hydrogen-bond acceptors (Lipinski definition) is 4. The van der Waals surface area contributed by atoms with Crippen molar-refractivity contribution in [3.8, 4) is 0 Å². The third-order valence-corrected chi connectivity index (χ3v) is 3.76. The standard InChI is InChI=1S/C12H9F3O4S/c13-12(14,15)20(17,18)19-11-4-3-9-2-1-8(7-16)5-10(9)6-11/h1-2,5-7H,3-4H2. The molecule has 0 bridgehead atoms. The number of fused-ring (bicyclic) bond motifs is 1. The molecular formula is C12H9F3O4S. The van der Waals surface area contributed by atoms with Crippen molar-refractivity contribution in [1.82, 2.24) is 0 Å². The number of benzene rings is 1. The highest BCUT2D eigenvalue weighted by atomic mass is 32.2. The first-order chi connectivity index (χ1) is 9.23. The summed E-state index contributed by atoms with van der Waals surface area (Å²) in [6, 6.07) is 4.72. The number of hydrogen-bond donors (Lipinski definition) is 0. The van der Waals surface area contributed by atoms with Crippen LogP contribution >= 0.6 is 0 Å². The Morgan fingerprint density at radius 1 is 1.20 bits per heavy atom. The second-order valence-electron chi connectivity index (χ2n) is 4.17. The number of aldehydes is 1. The van der Waals surface area contributed by atoms with Gasteiger partial charge in [0, 0.05) is 12.0 Å². The first kappa shape index (κ1) is 14.6. The summed E-state index contributed by atoms with van der Waals surface area (Å²) in [5.74, 6) is -0.294. The zero-order valence-corrected chi connectivity index (χ0v) is 10.8. The minimum Gasteiger partial charge on any atom is -0.381 e. The van der Waals surface area contributed by atoms with Crippen molar-refractivity contribution in [2.24, 2.45) is 0 Å². The highest BCUT2D eigenvalue weighted by Crippen LogP contribution is 2.31. The van der Waals surface area contributed by atoms with Crippen LogP contribution in [0.4, 0.5) is 13.2 Å². The normalized spacial score (nSPS) is 15.2. The van der Waals surface area contributed by atoms with E-state index < -0.39 is 15.6 Å². The molecule has 0 fully saturated rings. The molecule has 0 aliphatic heterocycles. The minimum atomic E-state index is -5.65. The van der Waals surface area contributed by atoms with Crippen LogP contribution in [0.25, 0.3) is 6.08 Å². The van der Waals surface area contributed by atoms with Crippen LogP contribution in [0.3, 0.4) is 0 Å². The fourth-order valence-electron chi connectivity index (χ4n) is 1.81. The lowest BCUT2D eigenvalue weighted by Crippen LogP contribution is -2.25. The summed E-state index contributed by atoms with van der Waals surface area (Å²) in [7, 11) is -5.65. The van der Waals surface area contributed by atoms with Gasteiger partial charge in [0.25, 0.3) is 0 Å². The second kappa shape index (κ2) is 4.93. The fraction of sp³-hybridized carbons (Fsp3) is 0.250. The van der Waals surface area contributed by atoms with Crippen LogP contribution in [0.1, 0.15) is 27.9 Å². The second-order valence-corrected chi connectivity index (χ2v) is 5.71. The van der Waals surface area contributed by atoms with Gasteiger partial charge in [0.05, 0.1) is 0 Å². The largest absolute Gasteiger partial charge is 0.534 e. The Hall–Kier alpha value is -1.83. The van der Waals surface area contributed by atoms with Gasteiger partial charge < -0.3 is 4.18 Å². The molecule has 1 aromatic carbocycles. The summed E-state index contributed by atoms with van der Waals surface area (Å²) in [5.41, 5.74) is -3.82. The van der Waals surface area contributed by atoms with E-state index in [0.29, 0.717) is 23.8 Å². The van der Waals surface area contributed by atoms with E-state index in [4.69, 9.17) is 0 Å². The maximum absolute atomic E-state index is 12.2. The summed E-state index contributed by atoms with van der Waals surface area (Å²) < 4.78 is 62.6. The number of carbonyl (C=O) groups is 1. The molecule has 0 saturated carbocycles. The molecule has 0 saturated heterocycles. The summed E-state index contributed by atoms with van der Waals surface area (Å²) in [5, 5.41) is 0.